The second-order valence-corrected chi connectivity index (χ2v) is 8.01. The van der Waals surface area contributed by atoms with Gasteiger partial charge in [-0.15, -0.1) is 0 Å². The lowest BCUT2D eigenvalue weighted by atomic mass is 10.2. The van der Waals surface area contributed by atoms with Gasteiger partial charge in [0, 0.05) is 61.8 Å². The van der Waals surface area contributed by atoms with Crippen molar-refractivity contribution in [3.8, 4) is 17.4 Å². The van der Waals surface area contributed by atoms with Crippen LogP contribution in [0.15, 0.2) is 41.5 Å². The number of methoxy groups -OCH3 is 2. The standard InChI is InChI=1S/C24H35N5O3/c1-6-25-24(27-15-18-7-8-23(26-14-18)32-17(2)3)28-19-9-10-29(16-19)20-11-21(30-4)13-22(12-20)31-5/h7-8,11-14,17,19H,6,9-10,15-16H2,1-5H3,(H2,25,27,28). The Balaban J connectivity index is 1.60. The number of nitrogens with zero attached hydrogens (tertiary/aromatic N) is 3. The summed E-state index contributed by atoms with van der Waals surface area (Å²) in [6, 6.07) is 10.2. The zero-order chi connectivity index (χ0) is 22.9. The minimum Gasteiger partial charge on any atom is -0.497 e. The molecule has 2 aromatic rings. The van der Waals surface area contributed by atoms with Crippen molar-refractivity contribution in [2.24, 2.45) is 4.99 Å². The van der Waals surface area contributed by atoms with E-state index in [2.05, 4.69) is 27.4 Å². The summed E-state index contributed by atoms with van der Waals surface area (Å²) in [5.41, 5.74) is 2.14. The fourth-order valence-corrected chi connectivity index (χ4v) is 3.59. The lowest BCUT2D eigenvalue weighted by Gasteiger charge is -2.21. The van der Waals surface area contributed by atoms with E-state index in [1.54, 1.807) is 14.2 Å². The van der Waals surface area contributed by atoms with Gasteiger partial charge in [0.2, 0.25) is 5.88 Å². The quantitative estimate of drug-likeness (QED) is 0.457. The van der Waals surface area contributed by atoms with E-state index >= 15 is 0 Å². The van der Waals surface area contributed by atoms with Crippen LogP contribution in [-0.2, 0) is 6.54 Å². The van der Waals surface area contributed by atoms with E-state index in [4.69, 9.17) is 19.2 Å². The maximum Gasteiger partial charge on any atom is 0.213 e. The molecule has 1 aromatic carbocycles. The molecule has 1 aromatic heterocycles. The molecule has 0 radical (unpaired) electrons. The molecule has 0 amide bonds. The van der Waals surface area contributed by atoms with Gasteiger partial charge >= 0.3 is 0 Å². The molecule has 2 heterocycles. The second-order valence-electron chi connectivity index (χ2n) is 8.01. The third kappa shape index (κ3) is 6.67. The Morgan fingerprint density at radius 3 is 2.53 bits per heavy atom. The number of guanidine groups is 1. The zero-order valence-electron chi connectivity index (χ0n) is 19.7. The number of ether oxygens (including phenoxy) is 3. The molecule has 3 rings (SSSR count). The summed E-state index contributed by atoms with van der Waals surface area (Å²) in [5.74, 6) is 3.04. The average molecular weight is 442 g/mol. The molecular weight excluding hydrogens is 406 g/mol. The molecule has 0 aliphatic carbocycles. The molecule has 1 atom stereocenters. The van der Waals surface area contributed by atoms with Crippen LogP contribution in [0, 0.1) is 0 Å². The van der Waals surface area contributed by atoms with Crippen LogP contribution in [0.4, 0.5) is 5.69 Å². The van der Waals surface area contributed by atoms with Crippen LogP contribution in [0.1, 0.15) is 32.8 Å². The number of hydrogen-bond acceptors (Lipinski definition) is 6. The van der Waals surface area contributed by atoms with Gasteiger partial charge in [-0.2, -0.15) is 0 Å². The van der Waals surface area contributed by atoms with Gasteiger partial charge in [-0.1, -0.05) is 6.07 Å². The maximum atomic E-state index is 5.61. The van der Waals surface area contributed by atoms with Crippen LogP contribution in [-0.4, -0.2) is 56.9 Å². The summed E-state index contributed by atoms with van der Waals surface area (Å²) in [4.78, 5) is 11.4. The minimum absolute atomic E-state index is 0.111. The van der Waals surface area contributed by atoms with Gasteiger partial charge in [-0.05, 0) is 32.8 Å². The lowest BCUT2D eigenvalue weighted by Crippen LogP contribution is -2.44. The molecule has 1 unspecified atom stereocenters. The van der Waals surface area contributed by atoms with Crippen molar-refractivity contribution in [3.63, 3.8) is 0 Å². The van der Waals surface area contributed by atoms with Crippen LogP contribution in [0.25, 0.3) is 0 Å². The van der Waals surface area contributed by atoms with E-state index < -0.39 is 0 Å². The van der Waals surface area contributed by atoms with Crippen LogP contribution >= 0.6 is 0 Å². The van der Waals surface area contributed by atoms with Gasteiger partial charge in [0.25, 0.3) is 0 Å². The Bertz CT molecular complexity index is 863. The number of hydrogen-bond donors (Lipinski definition) is 2. The summed E-state index contributed by atoms with van der Waals surface area (Å²) in [7, 11) is 3.35. The molecule has 0 saturated carbocycles. The van der Waals surface area contributed by atoms with Crippen molar-refractivity contribution >= 4 is 11.6 Å². The number of rotatable bonds is 9. The third-order valence-corrected chi connectivity index (χ3v) is 5.15. The van der Waals surface area contributed by atoms with Gasteiger partial charge in [-0.3, -0.25) is 0 Å². The summed E-state index contributed by atoms with van der Waals surface area (Å²) >= 11 is 0. The first-order chi connectivity index (χ1) is 15.5. The van der Waals surface area contributed by atoms with Crippen molar-refractivity contribution in [2.45, 2.75) is 45.9 Å². The number of anilines is 1. The number of pyridine rings is 1. The van der Waals surface area contributed by atoms with E-state index in [-0.39, 0.29) is 6.10 Å². The monoisotopic (exact) mass is 441 g/mol. The number of aromatic nitrogens is 1. The number of nitrogens with one attached hydrogen (secondary N) is 2. The molecule has 8 heteroatoms. The van der Waals surface area contributed by atoms with Gasteiger partial charge in [0.15, 0.2) is 5.96 Å². The van der Waals surface area contributed by atoms with Gasteiger partial charge < -0.3 is 29.7 Å². The van der Waals surface area contributed by atoms with Crippen molar-refractivity contribution in [1.82, 2.24) is 15.6 Å². The fraction of sp³-hybridized carbons (Fsp3) is 0.500. The third-order valence-electron chi connectivity index (χ3n) is 5.15. The lowest BCUT2D eigenvalue weighted by molar-refractivity contribution is 0.232. The highest BCUT2D eigenvalue weighted by Crippen LogP contribution is 2.30. The predicted molar refractivity (Wildman–Crippen MR) is 128 cm³/mol. The van der Waals surface area contributed by atoms with Crippen molar-refractivity contribution in [2.75, 3.05) is 38.8 Å². The summed E-state index contributed by atoms with van der Waals surface area (Å²) in [6.07, 6.45) is 2.95. The first kappa shape index (κ1) is 23.5. The normalized spacial score (nSPS) is 16.2. The average Bonchev–Trinajstić information content (AvgIpc) is 3.26. The smallest absolute Gasteiger partial charge is 0.213 e. The Morgan fingerprint density at radius 1 is 1.19 bits per heavy atom. The highest BCUT2D eigenvalue weighted by molar-refractivity contribution is 5.80. The molecule has 8 nitrogen and oxygen atoms in total. The van der Waals surface area contributed by atoms with Crippen LogP contribution < -0.4 is 29.7 Å². The molecule has 0 bridgehead atoms. The molecule has 174 valence electrons. The van der Waals surface area contributed by atoms with Crippen LogP contribution in [0.2, 0.25) is 0 Å². The van der Waals surface area contributed by atoms with E-state index in [9.17, 15) is 0 Å². The van der Waals surface area contributed by atoms with E-state index in [0.717, 1.165) is 54.8 Å². The predicted octanol–water partition coefficient (Wildman–Crippen LogP) is 3.22. The molecule has 32 heavy (non-hydrogen) atoms. The summed E-state index contributed by atoms with van der Waals surface area (Å²) in [5, 5.41) is 6.91. The Hall–Kier alpha value is -3.16. The molecule has 2 N–H and O–H groups in total. The van der Waals surface area contributed by atoms with Crippen molar-refractivity contribution < 1.29 is 14.2 Å². The van der Waals surface area contributed by atoms with Crippen LogP contribution in [0.5, 0.6) is 17.4 Å². The van der Waals surface area contributed by atoms with Gasteiger partial charge in [0.1, 0.15) is 11.5 Å². The first-order valence-electron chi connectivity index (χ1n) is 11.1. The Labute approximate surface area is 191 Å². The largest absolute Gasteiger partial charge is 0.497 e. The number of aliphatic imine (C=N–C) groups is 1. The minimum atomic E-state index is 0.111. The SMILES string of the molecule is CCNC(=NCc1ccc(OC(C)C)nc1)NC1CCN(c2cc(OC)cc(OC)c2)C1. The van der Waals surface area contributed by atoms with E-state index in [0.29, 0.717) is 18.5 Å². The summed E-state index contributed by atoms with van der Waals surface area (Å²) < 4.78 is 16.4. The zero-order valence-corrected chi connectivity index (χ0v) is 19.7. The summed E-state index contributed by atoms with van der Waals surface area (Å²) in [6.45, 7) is 9.23. The second kappa shape index (κ2) is 11.5. The van der Waals surface area contributed by atoms with Gasteiger partial charge in [0.05, 0.1) is 26.9 Å². The first-order valence-corrected chi connectivity index (χ1v) is 11.1. The molecular formula is C24H35N5O3. The highest BCUT2D eigenvalue weighted by Gasteiger charge is 2.24. The molecule has 1 saturated heterocycles. The van der Waals surface area contributed by atoms with E-state index in [1.807, 2.05) is 50.4 Å². The Kier molecular flexibility index (Phi) is 8.41. The molecule has 1 aliphatic heterocycles. The van der Waals surface area contributed by atoms with Crippen molar-refractivity contribution in [3.05, 3.63) is 42.1 Å². The van der Waals surface area contributed by atoms with E-state index in [1.165, 1.54) is 0 Å². The Morgan fingerprint density at radius 2 is 1.94 bits per heavy atom. The molecule has 0 spiro atoms. The fourth-order valence-electron chi connectivity index (χ4n) is 3.59. The maximum absolute atomic E-state index is 5.61. The van der Waals surface area contributed by atoms with Gasteiger partial charge in [-0.25, -0.2) is 9.98 Å². The molecule has 1 fully saturated rings. The topological polar surface area (TPSA) is 80.2 Å². The number of benzene rings is 1. The highest BCUT2D eigenvalue weighted by atomic mass is 16.5. The van der Waals surface area contributed by atoms with Crippen LogP contribution in [0.3, 0.4) is 0 Å². The van der Waals surface area contributed by atoms with Crippen molar-refractivity contribution in [1.29, 1.82) is 0 Å². The molecule has 1 aliphatic rings.